The third-order valence-corrected chi connectivity index (χ3v) is 0.824. The average molecular weight is 328 g/mol. The Morgan fingerprint density at radius 1 is 0.947 bits per heavy atom. The van der Waals surface area contributed by atoms with Crippen molar-refractivity contribution in [3.63, 3.8) is 0 Å². The predicted octanol–water partition coefficient (Wildman–Crippen LogP) is 2.70. The molecule has 1 aliphatic rings. The first-order valence-electron chi connectivity index (χ1n) is 3.70. The molecule has 0 heterocycles. The van der Waals surface area contributed by atoms with E-state index in [-0.39, 0.29) is 11.6 Å². The molecular weight excluding hydrogens is 323 g/mol. The topological polar surface area (TPSA) is 187 Å². The number of nitrogens with zero attached hydrogens (tertiary/aromatic N) is 5. The van der Waals surface area contributed by atoms with Crippen LogP contribution in [0.4, 0.5) is 0 Å². The number of carbonyl (C=O) groups is 2. The lowest BCUT2D eigenvalue weighted by atomic mass is 10.2. The molecule has 10 nitrogen and oxygen atoms in total. The first-order valence-corrected chi connectivity index (χ1v) is 6.83. The normalized spacial score (nSPS) is 11.3. The van der Waals surface area contributed by atoms with E-state index in [1.165, 1.54) is 29.2 Å². The molecule has 0 aromatic rings. The molecule has 0 aromatic carbocycles. The summed E-state index contributed by atoms with van der Waals surface area (Å²) in [4.78, 5) is 23.8. The van der Waals surface area contributed by atoms with Crippen LogP contribution in [-0.4, -0.2) is 20.0 Å². The summed E-state index contributed by atoms with van der Waals surface area (Å²) >= 11 is 0. The van der Waals surface area contributed by atoms with Crippen LogP contribution in [0.1, 0.15) is 0 Å². The molecule has 104 valence electrons. The monoisotopic (exact) mass is 327 g/mol. The Kier molecular flexibility index (Phi) is 16.4. The second-order valence-electron chi connectivity index (χ2n) is 2.04. The maximum Gasteiger partial charge on any atom is 0.317 e. The molecule has 0 saturated carbocycles. The number of nitrogens with one attached hydrogen (secondary N) is 1. The van der Waals surface area contributed by atoms with Gasteiger partial charge in [-0.3, -0.25) is 14.5 Å². The van der Waals surface area contributed by atoms with Crippen molar-refractivity contribution in [3.05, 3.63) is 50.7 Å². The number of hydrogen-bond acceptors (Lipinski definition) is 5. The number of allylic oxidation sites excluding steroid dienone is 4. The minimum absolute atomic E-state index is 0.121. The van der Waals surface area contributed by atoms with Crippen LogP contribution in [0, 0.1) is 5.53 Å². The Balaban J connectivity index is -0.000000202. The fourth-order valence-electron chi connectivity index (χ4n) is 0.440. The fraction of sp³-hybridized carbons (Fsp3) is 0. The Labute approximate surface area is 116 Å². The minimum Gasteiger partial charge on any atom is -0.373 e. The summed E-state index contributed by atoms with van der Waals surface area (Å²) in [6, 6.07) is 0. The number of hydrogen-bond donors (Lipinski definition) is 1. The first-order chi connectivity index (χ1) is 8.62. The number of halogens is 2. The predicted molar refractivity (Wildman–Crippen MR) is 68.4 cm³/mol. The van der Waals surface area contributed by atoms with Crippen molar-refractivity contribution in [1.82, 2.24) is 0 Å². The van der Waals surface area contributed by atoms with E-state index in [0.29, 0.717) is 0 Å². The summed E-state index contributed by atoms with van der Waals surface area (Å²) in [7, 11) is 4.81. The van der Waals surface area contributed by atoms with Crippen LogP contribution < -0.4 is 0 Å². The molecule has 0 aliphatic heterocycles. The summed E-state index contributed by atoms with van der Waals surface area (Å²) in [5.74, 6) is -0.241. The van der Waals surface area contributed by atoms with Gasteiger partial charge in [0.25, 0.3) is 0 Å². The third kappa shape index (κ3) is 49.1. The Morgan fingerprint density at radius 3 is 1.16 bits per heavy atom. The van der Waals surface area contributed by atoms with Gasteiger partial charge >= 0.3 is 8.26 Å². The van der Waals surface area contributed by atoms with Crippen molar-refractivity contribution in [1.29, 1.82) is 5.53 Å². The molecule has 0 radical (unpaired) electrons. The third-order valence-electron chi connectivity index (χ3n) is 0.824. The zero-order chi connectivity index (χ0) is 15.9. The van der Waals surface area contributed by atoms with Crippen LogP contribution in [0.3, 0.4) is 0 Å². The molecule has 0 aromatic heterocycles. The lowest BCUT2D eigenvalue weighted by molar-refractivity contribution is -0.113. The summed E-state index contributed by atoms with van der Waals surface area (Å²) in [5.41, 5.74) is 25.8. The quantitative estimate of drug-likeness (QED) is 0.235. The standard InChI is InChI=1S/C6H4O2.Cl2O2S.HN3.N3/c7-5-1-2-6(8)4-3-5;1-5(2,3)4;2*1-3-2/h1-4H;;1H;/q;;;-1. The van der Waals surface area contributed by atoms with Crippen LogP contribution in [0.5, 0.6) is 0 Å². The van der Waals surface area contributed by atoms with Gasteiger partial charge in [-0.2, -0.15) is 8.42 Å². The number of carbonyl (C=O) groups excluding carboxylic acids is 2. The largest absolute Gasteiger partial charge is 0.373 e. The van der Waals surface area contributed by atoms with E-state index in [0.717, 1.165) is 0 Å². The zero-order valence-corrected chi connectivity index (χ0v) is 11.2. The second kappa shape index (κ2) is 14.0. The van der Waals surface area contributed by atoms with Crippen molar-refractivity contribution in [2.75, 3.05) is 0 Å². The molecule has 1 N–H and O–H groups in total. The van der Waals surface area contributed by atoms with E-state index in [2.05, 4.69) is 21.4 Å². The van der Waals surface area contributed by atoms with Crippen molar-refractivity contribution in [2.45, 2.75) is 0 Å². The van der Waals surface area contributed by atoms with Gasteiger partial charge in [0.2, 0.25) is 0 Å². The fourth-order valence-corrected chi connectivity index (χ4v) is 0.440. The molecule has 1 rings (SSSR count). The smallest absolute Gasteiger partial charge is 0.317 e. The molecular formula is C6H5Cl2N6O4S-. The van der Waals surface area contributed by atoms with E-state index in [1.807, 2.05) is 0 Å². The molecule has 0 fully saturated rings. The molecule has 0 unspecified atom stereocenters. The van der Waals surface area contributed by atoms with Crippen LogP contribution in [0.25, 0.3) is 26.4 Å². The van der Waals surface area contributed by atoms with Crippen LogP contribution >= 0.6 is 21.4 Å². The van der Waals surface area contributed by atoms with Gasteiger partial charge in [0.1, 0.15) is 0 Å². The molecule has 1 aliphatic carbocycles. The van der Waals surface area contributed by atoms with Gasteiger partial charge < -0.3 is 11.1 Å². The maximum absolute atomic E-state index is 10.3. The summed E-state index contributed by atoms with van der Waals surface area (Å²) in [6.45, 7) is 0. The molecule has 0 bridgehead atoms. The lowest BCUT2D eigenvalue weighted by Gasteiger charge is -1.87. The van der Waals surface area contributed by atoms with Crippen molar-refractivity contribution in [2.24, 2.45) is 0 Å². The molecule has 13 heteroatoms. The van der Waals surface area contributed by atoms with E-state index in [1.54, 1.807) is 4.91 Å². The van der Waals surface area contributed by atoms with Crippen molar-refractivity contribution in [3.8, 4) is 0 Å². The molecule has 0 saturated heterocycles. The van der Waals surface area contributed by atoms with Crippen LogP contribution in [-0.2, 0) is 17.9 Å². The van der Waals surface area contributed by atoms with Crippen molar-refractivity contribution >= 4 is 41.2 Å². The zero-order valence-electron chi connectivity index (χ0n) is 8.84. The minimum atomic E-state index is -3.72. The highest BCUT2D eigenvalue weighted by Gasteiger charge is 1.97. The van der Waals surface area contributed by atoms with E-state index >= 15 is 0 Å². The Morgan fingerprint density at radius 2 is 1.05 bits per heavy atom. The van der Waals surface area contributed by atoms with Gasteiger partial charge in [-0.05, 0) is 34.7 Å². The van der Waals surface area contributed by atoms with Gasteiger partial charge in [0.05, 0.1) is 0 Å². The number of rotatable bonds is 0. The highest BCUT2D eigenvalue weighted by molar-refractivity contribution is 8.31. The summed E-state index contributed by atoms with van der Waals surface area (Å²) in [6.07, 6.45) is 5.01. The van der Waals surface area contributed by atoms with Gasteiger partial charge in [0.15, 0.2) is 11.6 Å². The second-order valence-corrected chi connectivity index (χ2v) is 5.71. The molecule has 0 spiro atoms. The highest BCUT2D eigenvalue weighted by Crippen LogP contribution is 1.98. The van der Waals surface area contributed by atoms with Crippen molar-refractivity contribution < 1.29 is 18.0 Å². The first kappa shape index (κ1) is 22.2. The SMILES string of the molecule is O=C1C=CC(=O)C=C1.O=S(=O)(Cl)Cl.[N-]=[N+]=N.[N-]=[N+]=[N-]. The number of ketones is 2. The lowest BCUT2D eigenvalue weighted by Crippen LogP contribution is -1.97. The van der Waals surface area contributed by atoms with Gasteiger partial charge in [-0.25, -0.2) is 0 Å². The average Bonchev–Trinajstić information content (AvgIpc) is 2.22. The maximum atomic E-state index is 10.3. The van der Waals surface area contributed by atoms with E-state index in [9.17, 15) is 9.59 Å². The summed E-state index contributed by atoms with van der Waals surface area (Å²) in [5, 5.41) is 0. The highest BCUT2D eigenvalue weighted by atomic mass is 36.0. The molecule has 19 heavy (non-hydrogen) atoms. The molecule has 0 atom stereocenters. The van der Waals surface area contributed by atoms with Crippen LogP contribution in [0.15, 0.2) is 24.3 Å². The van der Waals surface area contributed by atoms with E-state index < -0.39 is 8.26 Å². The van der Waals surface area contributed by atoms with Gasteiger partial charge in [-0.15, -0.1) is 5.53 Å². The van der Waals surface area contributed by atoms with E-state index in [4.69, 9.17) is 30.5 Å². The summed E-state index contributed by atoms with van der Waals surface area (Å²) < 4.78 is 18.3. The van der Waals surface area contributed by atoms with Crippen LogP contribution in [0.2, 0.25) is 0 Å². The van der Waals surface area contributed by atoms with Gasteiger partial charge in [0, 0.05) is 21.4 Å². The molecule has 0 amide bonds. The Bertz CT molecular complexity index is 470. The Hall–Kier alpha value is -2.03. The van der Waals surface area contributed by atoms with Gasteiger partial charge in [-0.1, -0.05) is 0 Å².